The third-order valence-electron chi connectivity index (χ3n) is 3.11. The number of aryl methyl sites for hydroxylation is 1. The Morgan fingerprint density at radius 3 is 2.37 bits per heavy atom. The first kappa shape index (κ1) is 16.0. The maximum Gasteiger partial charge on any atom is 0.175 e. The molecule has 0 amide bonds. The van der Waals surface area contributed by atoms with E-state index in [0.29, 0.717) is 5.92 Å². The van der Waals surface area contributed by atoms with Gasteiger partial charge in [-0.3, -0.25) is 4.79 Å². The third-order valence-corrected chi connectivity index (χ3v) is 3.44. The average Bonchev–Trinajstić information content (AvgIpc) is 2.25. The van der Waals surface area contributed by atoms with Crippen LogP contribution in [0.25, 0.3) is 0 Å². The Kier molecular flexibility index (Phi) is 5.03. The zero-order valence-electron chi connectivity index (χ0n) is 12.6. The summed E-state index contributed by atoms with van der Waals surface area (Å²) in [6, 6.07) is 3.84. The lowest BCUT2D eigenvalue weighted by Crippen LogP contribution is -2.26. The molecule has 0 saturated carbocycles. The maximum atomic E-state index is 11.9. The van der Waals surface area contributed by atoms with Crippen LogP contribution in [0, 0.1) is 12.3 Å². The van der Waals surface area contributed by atoms with E-state index >= 15 is 0 Å². The van der Waals surface area contributed by atoms with E-state index in [4.69, 9.17) is 16.3 Å². The predicted octanol–water partition coefficient (Wildman–Crippen LogP) is 4.77. The van der Waals surface area contributed by atoms with Crippen LogP contribution in [0.3, 0.4) is 0 Å². The first-order valence-electron chi connectivity index (χ1n) is 6.59. The lowest BCUT2D eigenvalue weighted by molar-refractivity contribution is -0.128. The van der Waals surface area contributed by atoms with Crippen LogP contribution in [0.2, 0.25) is 5.02 Å². The Morgan fingerprint density at radius 1 is 1.32 bits per heavy atom. The first-order valence-corrected chi connectivity index (χ1v) is 6.97. The number of rotatable bonds is 4. The fourth-order valence-electron chi connectivity index (χ4n) is 1.63. The Bertz CT molecular complexity index is 470. The van der Waals surface area contributed by atoms with Gasteiger partial charge in [-0.2, -0.15) is 0 Å². The molecule has 2 nitrogen and oxygen atoms in total. The first-order chi connectivity index (χ1) is 8.62. The Morgan fingerprint density at radius 2 is 1.89 bits per heavy atom. The summed E-state index contributed by atoms with van der Waals surface area (Å²) >= 11 is 6.21. The van der Waals surface area contributed by atoms with E-state index in [1.54, 1.807) is 0 Å². The van der Waals surface area contributed by atoms with Crippen molar-refractivity contribution in [2.45, 2.75) is 47.5 Å². The molecule has 0 heterocycles. The molecule has 0 aromatic heterocycles. The number of hydrogen-bond acceptors (Lipinski definition) is 2. The fourth-order valence-corrected chi connectivity index (χ4v) is 2.06. The van der Waals surface area contributed by atoms with Crippen LogP contribution in [-0.2, 0) is 4.79 Å². The largest absolute Gasteiger partial charge is 0.486 e. The van der Waals surface area contributed by atoms with Gasteiger partial charge in [-0.05, 0) is 36.1 Å². The van der Waals surface area contributed by atoms with Gasteiger partial charge in [0.15, 0.2) is 5.78 Å². The van der Waals surface area contributed by atoms with Crippen molar-refractivity contribution < 1.29 is 9.53 Å². The Hall–Kier alpha value is -1.02. The molecule has 3 heteroatoms. The highest BCUT2D eigenvalue weighted by molar-refractivity contribution is 6.31. The van der Waals surface area contributed by atoms with Gasteiger partial charge in [0, 0.05) is 10.4 Å². The van der Waals surface area contributed by atoms with E-state index in [2.05, 4.69) is 13.8 Å². The maximum absolute atomic E-state index is 11.9. The van der Waals surface area contributed by atoms with Crippen molar-refractivity contribution in [2.24, 2.45) is 5.41 Å². The van der Waals surface area contributed by atoms with Gasteiger partial charge in [-0.1, -0.05) is 46.2 Å². The molecule has 0 aliphatic rings. The second-order valence-corrected chi connectivity index (χ2v) is 6.66. The number of hydrogen-bond donors (Lipinski definition) is 0. The number of carbonyl (C=O) groups excluding carboxylic acids is 1. The molecule has 0 N–H and O–H groups in total. The summed E-state index contributed by atoms with van der Waals surface area (Å²) in [6.45, 7) is 11.9. The highest BCUT2D eigenvalue weighted by Gasteiger charge is 2.22. The van der Waals surface area contributed by atoms with Crippen molar-refractivity contribution in [2.75, 3.05) is 6.61 Å². The summed E-state index contributed by atoms with van der Waals surface area (Å²) < 4.78 is 5.66. The topological polar surface area (TPSA) is 26.3 Å². The molecule has 1 aromatic rings. The van der Waals surface area contributed by atoms with Crippen molar-refractivity contribution in [1.29, 1.82) is 0 Å². The third kappa shape index (κ3) is 4.24. The molecular weight excluding hydrogens is 260 g/mol. The van der Waals surface area contributed by atoms with Gasteiger partial charge in [-0.15, -0.1) is 0 Å². The van der Waals surface area contributed by atoms with Gasteiger partial charge < -0.3 is 4.74 Å². The van der Waals surface area contributed by atoms with Crippen molar-refractivity contribution in [3.05, 3.63) is 28.3 Å². The number of Topliss-reactive ketones (excluding diaryl/α,β-unsaturated/α-hetero) is 1. The lowest BCUT2D eigenvalue weighted by Gasteiger charge is -2.18. The van der Waals surface area contributed by atoms with Crippen LogP contribution in [-0.4, -0.2) is 12.4 Å². The van der Waals surface area contributed by atoms with E-state index in [0.717, 1.165) is 21.9 Å². The number of ether oxygens (including phenoxy) is 1. The fraction of sp³-hybridized carbons (Fsp3) is 0.562. The number of ketones is 1. The zero-order chi connectivity index (χ0) is 14.8. The summed E-state index contributed by atoms with van der Waals surface area (Å²) in [5.41, 5.74) is 1.63. The van der Waals surface area contributed by atoms with Crippen molar-refractivity contribution in [3.63, 3.8) is 0 Å². The highest BCUT2D eigenvalue weighted by Crippen LogP contribution is 2.31. The summed E-state index contributed by atoms with van der Waals surface area (Å²) in [4.78, 5) is 11.9. The van der Waals surface area contributed by atoms with Crippen LogP contribution in [0.15, 0.2) is 12.1 Å². The molecule has 0 radical (unpaired) electrons. The molecule has 1 rings (SSSR count). The minimum Gasteiger partial charge on any atom is -0.486 e. The minimum atomic E-state index is -0.374. The van der Waals surface area contributed by atoms with Crippen molar-refractivity contribution >= 4 is 17.4 Å². The van der Waals surface area contributed by atoms with Gasteiger partial charge >= 0.3 is 0 Å². The van der Waals surface area contributed by atoms with Crippen LogP contribution in [0.5, 0.6) is 5.75 Å². The number of halogens is 1. The van der Waals surface area contributed by atoms with Gasteiger partial charge in [-0.25, -0.2) is 0 Å². The Labute approximate surface area is 121 Å². The monoisotopic (exact) mass is 282 g/mol. The van der Waals surface area contributed by atoms with Gasteiger partial charge in [0.25, 0.3) is 0 Å². The lowest BCUT2D eigenvalue weighted by atomic mass is 9.91. The number of benzene rings is 1. The van der Waals surface area contributed by atoms with E-state index in [-0.39, 0.29) is 17.8 Å². The van der Waals surface area contributed by atoms with Crippen LogP contribution < -0.4 is 4.74 Å². The molecule has 0 aliphatic carbocycles. The predicted molar refractivity (Wildman–Crippen MR) is 80.2 cm³/mol. The molecule has 0 aliphatic heterocycles. The highest BCUT2D eigenvalue weighted by atomic mass is 35.5. The molecule has 0 bridgehead atoms. The van der Waals surface area contributed by atoms with Crippen molar-refractivity contribution in [1.82, 2.24) is 0 Å². The molecule has 106 valence electrons. The summed E-state index contributed by atoms with van der Waals surface area (Å²) in [7, 11) is 0. The summed E-state index contributed by atoms with van der Waals surface area (Å²) in [5.74, 6) is 1.16. The summed E-state index contributed by atoms with van der Waals surface area (Å²) in [6.07, 6.45) is 0. The zero-order valence-corrected chi connectivity index (χ0v) is 13.4. The molecular formula is C16H23ClO2. The second-order valence-electron chi connectivity index (χ2n) is 6.26. The molecule has 0 unspecified atom stereocenters. The standard InChI is InChI=1S/C16H23ClO2/c1-10(2)12-8-14(11(3)7-13(12)17)19-9-15(18)16(4,5)6/h7-8,10H,9H2,1-6H3. The minimum absolute atomic E-state index is 0.0907. The quantitative estimate of drug-likeness (QED) is 0.795. The van der Waals surface area contributed by atoms with Crippen LogP contribution in [0.1, 0.15) is 51.7 Å². The molecule has 1 aromatic carbocycles. The Balaban J connectivity index is 2.90. The summed E-state index contributed by atoms with van der Waals surface area (Å²) in [5, 5.41) is 0.752. The van der Waals surface area contributed by atoms with Crippen LogP contribution >= 0.6 is 11.6 Å². The van der Waals surface area contributed by atoms with E-state index in [1.807, 2.05) is 39.8 Å². The second kappa shape index (κ2) is 5.96. The molecule has 0 atom stereocenters. The number of carbonyl (C=O) groups is 1. The van der Waals surface area contributed by atoms with Gasteiger partial charge in [0.2, 0.25) is 0 Å². The average molecular weight is 283 g/mol. The molecule has 19 heavy (non-hydrogen) atoms. The molecule has 0 fully saturated rings. The normalized spacial score (nSPS) is 11.8. The SMILES string of the molecule is Cc1cc(Cl)c(C(C)C)cc1OCC(=O)C(C)(C)C. The van der Waals surface area contributed by atoms with Gasteiger partial charge in [0.05, 0.1) is 0 Å². The van der Waals surface area contributed by atoms with E-state index < -0.39 is 0 Å². The molecule has 0 saturated heterocycles. The van der Waals surface area contributed by atoms with Crippen LogP contribution in [0.4, 0.5) is 0 Å². The smallest absolute Gasteiger partial charge is 0.175 e. The van der Waals surface area contributed by atoms with E-state index in [9.17, 15) is 4.79 Å². The van der Waals surface area contributed by atoms with E-state index in [1.165, 1.54) is 0 Å². The van der Waals surface area contributed by atoms with Gasteiger partial charge in [0.1, 0.15) is 12.4 Å². The van der Waals surface area contributed by atoms with Crippen molar-refractivity contribution in [3.8, 4) is 5.75 Å². The molecule has 0 spiro atoms.